The van der Waals surface area contributed by atoms with E-state index in [1.54, 1.807) is 25.1 Å². The number of nitrogens with zero attached hydrogens (tertiary/aromatic N) is 1. The summed E-state index contributed by atoms with van der Waals surface area (Å²) in [7, 11) is -3.56. The number of aliphatic hydroxyl groups is 1. The first-order chi connectivity index (χ1) is 7.33. The van der Waals surface area contributed by atoms with Gasteiger partial charge in [-0.05, 0) is 19.1 Å². The molecule has 6 heteroatoms. The number of nitrogens with two attached hydrogens (primary N) is 1. The maximum absolute atomic E-state index is 12.1. The minimum atomic E-state index is -3.56. The highest BCUT2D eigenvalue weighted by molar-refractivity contribution is 7.89. The number of anilines is 1. The molecule has 0 aliphatic carbocycles. The van der Waals surface area contributed by atoms with Crippen molar-refractivity contribution in [3.8, 4) is 0 Å². The van der Waals surface area contributed by atoms with E-state index in [1.165, 1.54) is 10.4 Å². The Labute approximate surface area is 94.5 Å². The van der Waals surface area contributed by atoms with Gasteiger partial charge in [-0.15, -0.1) is 0 Å². The van der Waals surface area contributed by atoms with Crippen LogP contribution in [0.15, 0.2) is 29.2 Å². The zero-order valence-corrected chi connectivity index (χ0v) is 9.74. The van der Waals surface area contributed by atoms with Crippen LogP contribution in [0.2, 0.25) is 0 Å². The van der Waals surface area contributed by atoms with E-state index in [1.807, 2.05) is 0 Å². The Morgan fingerprint density at radius 3 is 2.44 bits per heavy atom. The molecule has 0 radical (unpaired) electrons. The Hall–Kier alpha value is -1.11. The third-order valence-electron chi connectivity index (χ3n) is 2.57. The summed E-state index contributed by atoms with van der Waals surface area (Å²) in [5.41, 5.74) is 4.93. The summed E-state index contributed by atoms with van der Waals surface area (Å²) >= 11 is 0. The van der Waals surface area contributed by atoms with Crippen molar-refractivity contribution in [1.82, 2.24) is 4.31 Å². The summed E-state index contributed by atoms with van der Waals surface area (Å²) in [6.07, 6.45) is 0. The van der Waals surface area contributed by atoms with Gasteiger partial charge in [-0.25, -0.2) is 8.42 Å². The van der Waals surface area contributed by atoms with Gasteiger partial charge >= 0.3 is 0 Å². The second-order valence-corrected chi connectivity index (χ2v) is 6.21. The summed E-state index contributed by atoms with van der Waals surface area (Å²) in [6.45, 7) is 1.83. The Balaban J connectivity index is 2.32. The largest absolute Gasteiger partial charge is 0.398 e. The van der Waals surface area contributed by atoms with Crippen molar-refractivity contribution >= 4 is 15.7 Å². The summed E-state index contributed by atoms with van der Waals surface area (Å²) in [5, 5.41) is 9.53. The van der Waals surface area contributed by atoms with Crippen molar-refractivity contribution in [2.75, 3.05) is 18.8 Å². The molecule has 5 nitrogen and oxygen atoms in total. The van der Waals surface area contributed by atoms with Gasteiger partial charge in [0.2, 0.25) is 10.0 Å². The normalized spacial score (nSPS) is 20.4. The van der Waals surface area contributed by atoms with E-state index in [9.17, 15) is 13.5 Å². The molecule has 1 aliphatic heterocycles. The summed E-state index contributed by atoms with van der Waals surface area (Å²) in [6, 6.07) is 6.32. The van der Waals surface area contributed by atoms with E-state index in [0.717, 1.165) is 0 Å². The minimum absolute atomic E-state index is 0.102. The first kappa shape index (κ1) is 11.4. The first-order valence-corrected chi connectivity index (χ1v) is 6.34. The van der Waals surface area contributed by atoms with Crippen LogP contribution in [0, 0.1) is 0 Å². The van der Waals surface area contributed by atoms with Crippen LogP contribution in [0.25, 0.3) is 0 Å². The molecule has 1 saturated heterocycles. The number of rotatable bonds is 2. The van der Waals surface area contributed by atoms with Crippen molar-refractivity contribution < 1.29 is 13.5 Å². The number of hydrogen-bond donors (Lipinski definition) is 2. The van der Waals surface area contributed by atoms with Crippen LogP contribution < -0.4 is 5.73 Å². The zero-order chi connectivity index (χ0) is 12.0. The van der Waals surface area contributed by atoms with Gasteiger partial charge in [0.1, 0.15) is 4.90 Å². The van der Waals surface area contributed by atoms with E-state index >= 15 is 0 Å². The number of hydrogen-bond acceptors (Lipinski definition) is 4. The Morgan fingerprint density at radius 2 is 1.94 bits per heavy atom. The molecule has 88 valence electrons. The van der Waals surface area contributed by atoms with E-state index in [-0.39, 0.29) is 23.7 Å². The van der Waals surface area contributed by atoms with E-state index < -0.39 is 15.6 Å². The zero-order valence-electron chi connectivity index (χ0n) is 8.92. The standard InChI is InChI=1S/C10H14N2O3S/c1-10(13)6-12(7-10)16(14,15)9-5-3-2-4-8(9)11/h2-5,13H,6-7,11H2,1H3. The molecule has 1 aliphatic rings. The second-order valence-electron chi connectivity index (χ2n) is 4.31. The van der Waals surface area contributed by atoms with Gasteiger partial charge in [0.15, 0.2) is 0 Å². The van der Waals surface area contributed by atoms with E-state index in [0.29, 0.717) is 0 Å². The second kappa shape index (κ2) is 3.44. The summed E-state index contributed by atoms with van der Waals surface area (Å²) in [5.74, 6) is 0. The number of nitrogen functional groups attached to an aromatic ring is 1. The molecule has 1 aromatic carbocycles. The third-order valence-corrected chi connectivity index (χ3v) is 4.44. The van der Waals surface area contributed by atoms with Crippen LogP contribution in [0.3, 0.4) is 0 Å². The molecular formula is C10H14N2O3S. The van der Waals surface area contributed by atoms with Crippen molar-refractivity contribution in [2.45, 2.75) is 17.4 Å². The lowest BCUT2D eigenvalue weighted by Crippen LogP contribution is -2.61. The van der Waals surface area contributed by atoms with Gasteiger partial charge in [-0.2, -0.15) is 4.31 Å². The summed E-state index contributed by atoms with van der Waals surface area (Å²) < 4.78 is 25.3. The van der Waals surface area contributed by atoms with Gasteiger partial charge in [0.05, 0.1) is 11.3 Å². The van der Waals surface area contributed by atoms with Crippen LogP contribution in [0.1, 0.15) is 6.92 Å². The van der Waals surface area contributed by atoms with Crippen LogP contribution in [-0.2, 0) is 10.0 Å². The fourth-order valence-corrected chi connectivity index (χ4v) is 3.53. The minimum Gasteiger partial charge on any atom is -0.398 e. The van der Waals surface area contributed by atoms with Gasteiger partial charge < -0.3 is 10.8 Å². The van der Waals surface area contributed by atoms with Crippen LogP contribution in [0.5, 0.6) is 0 Å². The van der Waals surface area contributed by atoms with Crippen molar-refractivity contribution in [2.24, 2.45) is 0 Å². The molecule has 0 saturated carbocycles. The number of sulfonamides is 1. The van der Waals surface area contributed by atoms with Gasteiger partial charge in [-0.1, -0.05) is 12.1 Å². The molecule has 1 aromatic rings. The SMILES string of the molecule is CC1(O)CN(S(=O)(=O)c2ccccc2N)C1. The smallest absolute Gasteiger partial charge is 0.245 e. The van der Waals surface area contributed by atoms with Crippen LogP contribution >= 0.6 is 0 Å². The quantitative estimate of drug-likeness (QED) is 0.716. The van der Waals surface area contributed by atoms with Crippen molar-refractivity contribution in [3.05, 3.63) is 24.3 Å². The van der Waals surface area contributed by atoms with Gasteiger partial charge in [-0.3, -0.25) is 0 Å². The van der Waals surface area contributed by atoms with Crippen LogP contribution in [0.4, 0.5) is 5.69 Å². The topological polar surface area (TPSA) is 83.6 Å². The Bertz CT molecular complexity index is 503. The molecular weight excluding hydrogens is 228 g/mol. The molecule has 1 heterocycles. The fourth-order valence-electron chi connectivity index (χ4n) is 1.74. The monoisotopic (exact) mass is 242 g/mol. The number of β-amino-alcohol motifs (C(OH)–C–C–N with tert-alkyl or cyclic N) is 1. The molecule has 0 amide bonds. The highest BCUT2D eigenvalue weighted by atomic mass is 32.2. The predicted molar refractivity (Wildman–Crippen MR) is 60.2 cm³/mol. The molecule has 0 spiro atoms. The fraction of sp³-hybridized carbons (Fsp3) is 0.400. The molecule has 3 N–H and O–H groups in total. The van der Waals surface area contributed by atoms with Gasteiger partial charge in [0, 0.05) is 13.1 Å². The average Bonchev–Trinajstić information content (AvgIpc) is 2.14. The highest BCUT2D eigenvalue weighted by Gasteiger charge is 2.44. The van der Waals surface area contributed by atoms with Crippen molar-refractivity contribution in [3.63, 3.8) is 0 Å². The molecule has 0 aromatic heterocycles. The Morgan fingerprint density at radius 1 is 1.38 bits per heavy atom. The molecule has 0 bridgehead atoms. The molecule has 2 rings (SSSR count). The maximum Gasteiger partial charge on any atom is 0.245 e. The summed E-state index contributed by atoms with van der Waals surface area (Å²) in [4.78, 5) is 0.102. The lowest BCUT2D eigenvalue weighted by Gasteiger charge is -2.42. The first-order valence-electron chi connectivity index (χ1n) is 4.90. The number of para-hydroxylation sites is 1. The molecule has 16 heavy (non-hydrogen) atoms. The molecule has 0 unspecified atom stereocenters. The highest BCUT2D eigenvalue weighted by Crippen LogP contribution is 2.29. The van der Waals surface area contributed by atoms with E-state index in [2.05, 4.69) is 0 Å². The Kier molecular flexibility index (Phi) is 2.45. The molecule has 1 fully saturated rings. The lowest BCUT2D eigenvalue weighted by molar-refractivity contribution is -0.0426. The maximum atomic E-state index is 12.1. The number of benzene rings is 1. The van der Waals surface area contributed by atoms with Crippen LogP contribution in [-0.4, -0.2) is 36.5 Å². The van der Waals surface area contributed by atoms with E-state index in [4.69, 9.17) is 5.73 Å². The van der Waals surface area contributed by atoms with Crippen molar-refractivity contribution in [1.29, 1.82) is 0 Å². The third kappa shape index (κ3) is 1.79. The van der Waals surface area contributed by atoms with Gasteiger partial charge in [0.25, 0.3) is 0 Å². The predicted octanol–water partition coefficient (Wildman–Crippen LogP) is 0.0241. The lowest BCUT2D eigenvalue weighted by atomic mass is 10.0. The average molecular weight is 242 g/mol. The molecule has 0 atom stereocenters.